The first kappa shape index (κ1) is 13.5. The van der Waals surface area contributed by atoms with E-state index in [1.807, 2.05) is 0 Å². The number of hydrogen-bond acceptors (Lipinski definition) is 4. The first-order chi connectivity index (χ1) is 9.13. The van der Waals surface area contributed by atoms with Gasteiger partial charge < -0.3 is 5.32 Å². The Morgan fingerprint density at radius 1 is 1.53 bits per heavy atom. The SMILES string of the molecule is CCC(CC1CC1)Nc1ccc(C=O)cc1[N+](=O)[O-]. The molecule has 1 aromatic rings. The predicted molar refractivity (Wildman–Crippen MR) is 73.5 cm³/mol. The molecular formula is C14H18N2O3. The molecule has 0 aromatic heterocycles. The van der Waals surface area contributed by atoms with Crippen LogP contribution in [0.5, 0.6) is 0 Å². The lowest BCUT2D eigenvalue weighted by atomic mass is 10.1. The number of nitrogens with zero attached hydrogens (tertiary/aromatic N) is 1. The number of hydrogen-bond donors (Lipinski definition) is 1. The summed E-state index contributed by atoms with van der Waals surface area (Å²) < 4.78 is 0. The van der Waals surface area contributed by atoms with Crippen LogP contribution in [0.2, 0.25) is 0 Å². The molecule has 1 aromatic carbocycles. The summed E-state index contributed by atoms with van der Waals surface area (Å²) >= 11 is 0. The highest BCUT2D eigenvalue weighted by atomic mass is 16.6. The van der Waals surface area contributed by atoms with E-state index < -0.39 is 4.92 Å². The van der Waals surface area contributed by atoms with Crippen LogP contribution in [-0.2, 0) is 0 Å². The highest BCUT2D eigenvalue weighted by Crippen LogP contribution is 2.35. The lowest BCUT2D eigenvalue weighted by Gasteiger charge is -2.18. The van der Waals surface area contributed by atoms with Crippen LogP contribution in [0.3, 0.4) is 0 Å². The zero-order valence-electron chi connectivity index (χ0n) is 11.0. The monoisotopic (exact) mass is 262 g/mol. The third kappa shape index (κ3) is 3.53. The van der Waals surface area contributed by atoms with E-state index in [0.717, 1.165) is 18.8 Å². The van der Waals surface area contributed by atoms with Gasteiger partial charge >= 0.3 is 0 Å². The standard InChI is InChI=1S/C14H18N2O3/c1-2-12(7-10-3-4-10)15-13-6-5-11(9-17)8-14(13)16(18)19/h5-6,8-10,12,15H,2-4,7H2,1H3. The molecule has 19 heavy (non-hydrogen) atoms. The lowest BCUT2D eigenvalue weighted by Crippen LogP contribution is -2.19. The van der Waals surface area contributed by atoms with Gasteiger partial charge in [-0.25, -0.2) is 0 Å². The summed E-state index contributed by atoms with van der Waals surface area (Å²) in [5.74, 6) is 0.769. The molecule has 5 nitrogen and oxygen atoms in total. The maximum absolute atomic E-state index is 11.0. The van der Waals surface area contributed by atoms with Crippen LogP contribution in [0.1, 0.15) is 43.0 Å². The topological polar surface area (TPSA) is 72.2 Å². The van der Waals surface area contributed by atoms with Crippen molar-refractivity contribution in [2.45, 2.75) is 38.6 Å². The van der Waals surface area contributed by atoms with Gasteiger partial charge in [0.15, 0.2) is 0 Å². The lowest BCUT2D eigenvalue weighted by molar-refractivity contribution is -0.384. The largest absolute Gasteiger partial charge is 0.377 e. The van der Waals surface area contributed by atoms with Crippen LogP contribution in [0.25, 0.3) is 0 Å². The van der Waals surface area contributed by atoms with Gasteiger partial charge in [-0.1, -0.05) is 19.8 Å². The van der Waals surface area contributed by atoms with E-state index >= 15 is 0 Å². The molecule has 0 aliphatic heterocycles. The molecule has 1 aliphatic carbocycles. The second kappa shape index (κ2) is 5.82. The number of nitro groups is 1. The summed E-state index contributed by atoms with van der Waals surface area (Å²) in [5, 5.41) is 14.3. The molecule has 1 unspecified atom stereocenters. The smallest absolute Gasteiger partial charge is 0.293 e. The zero-order valence-corrected chi connectivity index (χ0v) is 11.0. The van der Waals surface area contributed by atoms with Gasteiger partial charge in [-0.15, -0.1) is 0 Å². The fourth-order valence-corrected chi connectivity index (χ4v) is 2.20. The molecule has 0 bridgehead atoms. The van der Waals surface area contributed by atoms with E-state index in [-0.39, 0.29) is 11.7 Å². The van der Waals surface area contributed by atoms with Crippen molar-refractivity contribution in [3.63, 3.8) is 0 Å². The molecule has 0 saturated heterocycles. The minimum absolute atomic E-state index is 0.0288. The minimum Gasteiger partial charge on any atom is -0.377 e. The van der Waals surface area contributed by atoms with Crippen LogP contribution in [0.4, 0.5) is 11.4 Å². The molecule has 0 amide bonds. The molecule has 2 rings (SSSR count). The van der Waals surface area contributed by atoms with Crippen LogP contribution in [-0.4, -0.2) is 17.3 Å². The maximum atomic E-state index is 11.0. The molecule has 1 atom stereocenters. The van der Waals surface area contributed by atoms with Crippen LogP contribution in [0.15, 0.2) is 18.2 Å². The number of carbonyl (C=O) groups is 1. The quantitative estimate of drug-likeness (QED) is 0.464. The Morgan fingerprint density at radius 3 is 2.79 bits per heavy atom. The maximum Gasteiger partial charge on any atom is 0.293 e. The molecule has 0 heterocycles. The van der Waals surface area contributed by atoms with Gasteiger partial charge in [-0.3, -0.25) is 14.9 Å². The highest BCUT2D eigenvalue weighted by Gasteiger charge is 2.26. The average molecular weight is 262 g/mol. The number of anilines is 1. The summed E-state index contributed by atoms with van der Waals surface area (Å²) in [6, 6.07) is 4.80. The van der Waals surface area contributed by atoms with Gasteiger partial charge in [-0.2, -0.15) is 0 Å². The van der Waals surface area contributed by atoms with Crippen molar-refractivity contribution in [2.24, 2.45) is 5.92 Å². The number of nitro benzene ring substituents is 1. The third-order valence-electron chi connectivity index (χ3n) is 3.52. The number of rotatable bonds is 7. The molecular weight excluding hydrogens is 244 g/mol. The molecule has 1 aliphatic rings. The van der Waals surface area contributed by atoms with Crippen molar-refractivity contribution < 1.29 is 9.72 Å². The average Bonchev–Trinajstić information content (AvgIpc) is 3.22. The Balaban J connectivity index is 2.17. The van der Waals surface area contributed by atoms with Gasteiger partial charge in [0.05, 0.1) is 4.92 Å². The van der Waals surface area contributed by atoms with E-state index in [9.17, 15) is 14.9 Å². The van der Waals surface area contributed by atoms with Crippen molar-refractivity contribution in [1.82, 2.24) is 0 Å². The Kier molecular flexibility index (Phi) is 4.14. The van der Waals surface area contributed by atoms with Crippen molar-refractivity contribution in [3.05, 3.63) is 33.9 Å². The normalized spacial score (nSPS) is 15.8. The Labute approximate surface area is 112 Å². The predicted octanol–water partition coefficient (Wildman–Crippen LogP) is 3.40. The second-order valence-corrected chi connectivity index (χ2v) is 5.08. The van der Waals surface area contributed by atoms with E-state index in [0.29, 0.717) is 17.5 Å². The van der Waals surface area contributed by atoms with Crippen molar-refractivity contribution in [3.8, 4) is 0 Å². The van der Waals surface area contributed by atoms with Gasteiger partial charge in [0.25, 0.3) is 5.69 Å². The summed E-state index contributed by atoms with van der Waals surface area (Å²) in [7, 11) is 0. The van der Waals surface area contributed by atoms with Gasteiger partial charge in [0.1, 0.15) is 12.0 Å². The number of benzene rings is 1. The Morgan fingerprint density at radius 2 is 2.26 bits per heavy atom. The molecule has 0 spiro atoms. The van der Waals surface area contributed by atoms with Crippen LogP contribution >= 0.6 is 0 Å². The second-order valence-electron chi connectivity index (χ2n) is 5.08. The molecule has 102 valence electrons. The first-order valence-electron chi connectivity index (χ1n) is 6.64. The first-order valence-corrected chi connectivity index (χ1v) is 6.64. The van der Waals surface area contributed by atoms with Crippen LogP contribution < -0.4 is 5.32 Å². The van der Waals surface area contributed by atoms with Gasteiger partial charge in [-0.05, 0) is 30.9 Å². The summed E-state index contributed by atoms with van der Waals surface area (Å²) in [4.78, 5) is 21.3. The van der Waals surface area contributed by atoms with Crippen molar-refractivity contribution >= 4 is 17.7 Å². The molecule has 1 saturated carbocycles. The third-order valence-corrected chi connectivity index (χ3v) is 3.52. The van der Waals surface area contributed by atoms with Gasteiger partial charge in [0, 0.05) is 17.7 Å². The minimum atomic E-state index is -0.445. The van der Waals surface area contributed by atoms with E-state index in [2.05, 4.69) is 12.2 Å². The van der Waals surface area contributed by atoms with E-state index in [1.165, 1.54) is 18.9 Å². The van der Waals surface area contributed by atoms with Crippen molar-refractivity contribution in [1.29, 1.82) is 0 Å². The molecule has 0 radical (unpaired) electrons. The number of carbonyl (C=O) groups excluding carboxylic acids is 1. The zero-order chi connectivity index (χ0) is 13.8. The van der Waals surface area contributed by atoms with E-state index in [4.69, 9.17) is 0 Å². The Hall–Kier alpha value is -1.91. The Bertz CT molecular complexity index is 484. The molecule has 5 heteroatoms. The fraction of sp³-hybridized carbons (Fsp3) is 0.500. The van der Waals surface area contributed by atoms with Crippen molar-refractivity contribution in [2.75, 3.05) is 5.32 Å². The number of nitrogens with one attached hydrogen (secondary N) is 1. The molecule has 1 N–H and O–H groups in total. The van der Waals surface area contributed by atoms with Crippen LogP contribution in [0, 0.1) is 16.0 Å². The molecule has 1 fully saturated rings. The fourth-order valence-electron chi connectivity index (χ4n) is 2.20. The highest BCUT2D eigenvalue weighted by molar-refractivity contribution is 5.79. The number of aldehydes is 1. The summed E-state index contributed by atoms with van der Waals surface area (Å²) in [6.45, 7) is 2.08. The summed E-state index contributed by atoms with van der Waals surface area (Å²) in [5.41, 5.74) is 0.800. The van der Waals surface area contributed by atoms with Gasteiger partial charge in [0.2, 0.25) is 0 Å². The van der Waals surface area contributed by atoms with E-state index in [1.54, 1.807) is 12.1 Å². The summed E-state index contributed by atoms with van der Waals surface area (Å²) in [6.07, 6.45) is 5.15.